The Morgan fingerprint density at radius 2 is 2.00 bits per heavy atom. The summed E-state index contributed by atoms with van der Waals surface area (Å²) in [6.07, 6.45) is 0.113. The molecule has 1 aromatic rings. The highest BCUT2D eigenvalue weighted by atomic mass is 35.5. The van der Waals surface area contributed by atoms with E-state index >= 15 is 0 Å². The normalized spacial score (nSPS) is 12.8. The van der Waals surface area contributed by atoms with Crippen LogP contribution in [-0.4, -0.2) is 20.2 Å². The Balaban J connectivity index is 2.71. The first-order valence-corrected chi connectivity index (χ1v) is 5.17. The molecule has 78 valence electrons. The standard InChI is InChI=1S/C11H16ClNO/c1-3-14-11(8-13-2)9-4-6-10(12)7-5-9/h4-7,11,13H,3,8H2,1-2H3. The molecule has 0 amide bonds. The predicted molar refractivity (Wildman–Crippen MR) is 59.7 cm³/mol. The fourth-order valence-electron chi connectivity index (χ4n) is 1.34. The van der Waals surface area contributed by atoms with Crippen LogP contribution in [0.4, 0.5) is 0 Å². The van der Waals surface area contributed by atoms with E-state index in [4.69, 9.17) is 16.3 Å². The highest BCUT2D eigenvalue weighted by Gasteiger charge is 2.09. The zero-order valence-electron chi connectivity index (χ0n) is 8.59. The van der Waals surface area contributed by atoms with Crippen LogP contribution >= 0.6 is 11.6 Å². The molecule has 0 fully saturated rings. The van der Waals surface area contributed by atoms with Gasteiger partial charge >= 0.3 is 0 Å². The zero-order valence-corrected chi connectivity index (χ0v) is 9.34. The quantitative estimate of drug-likeness (QED) is 0.812. The monoisotopic (exact) mass is 213 g/mol. The molecular formula is C11H16ClNO. The predicted octanol–water partition coefficient (Wildman–Crippen LogP) is 2.64. The van der Waals surface area contributed by atoms with Gasteiger partial charge in [-0.25, -0.2) is 0 Å². The van der Waals surface area contributed by atoms with E-state index in [2.05, 4.69) is 5.32 Å². The van der Waals surface area contributed by atoms with E-state index in [1.165, 1.54) is 0 Å². The fourth-order valence-corrected chi connectivity index (χ4v) is 1.46. The van der Waals surface area contributed by atoms with E-state index in [1.54, 1.807) is 0 Å². The minimum atomic E-state index is 0.113. The van der Waals surface area contributed by atoms with Crippen molar-refractivity contribution in [3.05, 3.63) is 34.9 Å². The minimum absolute atomic E-state index is 0.113. The van der Waals surface area contributed by atoms with Gasteiger partial charge in [-0.05, 0) is 31.7 Å². The van der Waals surface area contributed by atoms with Crippen molar-refractivity contribution in [2.45, 2.75) is 13.0 Å². The molecule has 14 heavy (non-hydrogen) atoms. The Kier molecular flexibility index (Phi) is 4.94. The van der Waals surface area contributed by atoms with Gasteiger partial charge in [0.05, 0.1) is 6.10 Å². The lowest BCUT2D eigenvalue weighted by Crippen LogP contribution is -2.19. The van der Waals surface area contributed by atoms with Crippen LogP contribution in [0.15, 0.2) is 24.3 Å². The van der Waals surface area contributed by atoms with Gasteiger partial charge in [-0.1, -0.05) is 23.7 Å². The largest absolute Gasteiger partial charge is 0.372 e. The summed E-state index contributed by atoms with van der Waals surface area (Å²) in [4.78, 5) is 0. The molecule has 2 nitrogen and oxygen atoms in total. The number of nitrogens with one attached hydrogen (secondary N) is 1. The summed E-state index contributed by atoms with van der Waals surface area (Å²) in [6.45, 7) is 3.53. The van der Waals surface area contributed by atoms with E-state index in [0.717, 1.165) is 23.7 Å². The van der Waals surface area contributed by atoms with Gasteiger partial charge in [-0.2, -0.15) is 0 Å². The molecule has 1 rings (SSSR count). The molecule has 0 aliphatic heterocycles. The van der Waals surface area contributed by atoms with Crippen LogP contribution in [-0.2, 0) is 4.74 Å². The molecule has 0 aliphatic carbocycles. The maximum absolute atomic E-state index is 5.81. The van der Waals surface area contributed by atoms with Crippen LogP contribution in [0.5, 0.6) is 0 Å². The minimum Gasteiger partial charge on any atom is -0.372 e. The SMILES string of the molecule is CCOC(CNC)c1ccc(Cl)cc1. The van der Waals surface area contributed by atoms with Crippen molar-refractivity contribution in [3.8, 4) is 0 Å². The molecule has 0 aromatic heterocycles. The third kappa shape index (κ3) is 3.29. The molecule has 0 heterocycles. The van der Waals surface area contributed by atoms with Crippen molar-refractivity contribution < 1.29 is 4.74 Å². The van der Waals surface area contributed by atoms with Gasteiger partial charge in [0.1, 0.15) is 0 Å². The molecule has 0 saturated heterocycles. The van der Waals surface area contributed by atoms with Crippen molar-refractivity contribution >= 4 is 11.6 Å². The van der Waals surface area contributed by atoms with Crippen LogP contribution in [0.2, 0.25) is 5.02 Å². The second-order valence-corrected chi connectivity index (χ2v) is 3.49. The Hall–Kier alpha value is -0.570. The van der Waals surface area contributed by atoms with Gasteiger partial charge in [-0.15, -0.1) is 0 Å². The molecule has 0 bridgehead atoms. The summed E-state index contributed by atoms with van der Waals surface area (Å²) in [5.41, 5.74) is 1.16. The van der Waals surface area contributed by atoms with E-state index in [1.807, 2.05) is 38.2 Å². The van der Waals surface area contributed by atoms with E-state index in [9.17, 15) is 0 Å². The lowest BCUT2D eigenvalue weighted by molar-refractivity contribution is 0.0638. The molecule has 1 N–H and O–H groups in total. The number of rotatable bonds is 5. The molecule has 1 unspecified atom stereocenters. The summed E-state index contributed by atoms with van der Waals surface area (Å²) in [5, 5.41) is 3.87. The van der Waals surface area contributed by atoms with Gasteiger partial charge in [0, 0.05) is 18.2 Å². The summed E-state index contributed by atoms with van der Waals surface area (Å²) in [6, 6.07) is 7.77. The van der Waals surface area contributed by atoms with Gasteiger partial charge in [0.15, 0.2) is 0 Å². The van der Waals surface area contributed by atoms with E-state index in [0.29, 0.717) is 0 Å². The smallest absolute Gasteiger partial charge is 0.0948 e. The Morgan fingerprint density at radius 1 is 1.36 bits per heavy atom. The van der Waals surface area contributed by atoms with E-state index < -0.39 is 0 Å². The van der Waals surface area contributed by atoms with Crippen molar-refractivity contribution in [1.82, 2.24) is 5.32 Å². The second-order valence-electron chi connectivity index (χ2n) is 3.05. The maximum Gasteiger partial charge on any atom is 0.0948 e. The Labute approximate surface area is 90.2 Å². The summed E-state index contributed by atoms with van der Waals surface area (Å²) < 4.78 is 5.60. The first kappa shape index (κ1) is 11.5. The number of ether oxygens (including phenoxy) is 1. The maximum atomic E-state index is 5.81. The van der Waals surface area contributed by atoms with Crippen molar-refractivity contribution in [1.29, 1.82) is 0 Å². The van der Waals surface area contributed by atoms with Crippen LogP contribution in [0.3, 0.4) is 0 Å². The van der Waals surface area contributed by atoms with Crippen LogP contribution in [0.1, 0.15) is 18.6 Å². The highest BCUT2D eigenvalue weighted by molar-refractivity contribution is 6.30. The number of likely N-dealkylation sites (N-methyl/N-ethyl adjacent to an activating group) is 1. The second kappa shape index (κ2) is 6.02. The van der Waals surface area contributed by atoms with Crippen LogP contribution in [0.25, 0.3) is 0 Å². The summed E-state index contributed by atoms with van der Waals surface area (Å²) >= 11 is 5.81. The first-order valence-electron chi connectivity index (χ1n) is 4.79. The molecule has 1 atom stereocenters. The Bertz CT molecular complexity index is 254. The van der Waals surface area contributed by atoms with Crippen molar-refractivity contribution in [2.24, 2.45) is 0 Å². The summed E-state index contributed by atoms with van der Waals surface area (Å²) in [7, 11) is 1.92. The van der Waals surface area contributed by atoms with Crippen molar-refractivity contribution in [3.63, 3.8) is 0 Å². The highest BCUT2D eigenvalue weighted by Crippen LogP contribution is 2.18. The van der Waals surface area contributed by atoms with Crippen molar-refractivity contribution in [2.75, 3.05) is 20.2 Å². The molecule has 1 aromatic carbocycles. The molecular weight excluding hydrogens is 198 g/mol. The number of benzene rings is 1. The number of hydrogen-bond donors (Lipinski definition) is 1. The third-order valence-electron chi connectivity index (χ3n) is 2.00. The lowest BCUT2D eigenvalue weighted by atomic mass is 10.1. The lowest BCUT2D eigenvalue weighted by Gasteiger charge is -2.16. The van der Waals surface area contributed by atoms with Gasteiger partial charge in [0.25, 0.3) is 0 Å². The van der Waals surface area contributed by atoms with Crippen LogP contribution in [0, 0.1) is 0 Å². The zero-order chi connectivity index (χ0) is 10.4. The van der Waals surface area contributed by atoms with Gasteiger partial charge in [0.2, 0.25) is 0 Å². The molecule has 3 heteroatoms. The van der Waals surface area contributed by atoms with Crippen LogP contribution < -0.4 is 5.32 Å². The topological polar surface area (TPSA) is 21.3 Å². The summed E-state index contributed by atoms with van der Waals surface area (Å²) in [5.74, 6) is 0. The molecule has 0 radical (unpaired) electrons. The average molecular weight is 214 g/mol. The average Bonchev–Trinajstić information content (AvgIpc) is 2.19. The van der Waals surface area contributed by atoms with Gasteiger partial charge in [-0.3, -0.25) is 0 Å². The number of hydrogen-bond acceptors (Lipinski definition) is 2. The molecule has 0 spiro atoms. The Morgan fingerprint density at radius 3 is 2.50 bits per heavy atom. The van der Waals surface area contributed by atoms with E-state index in [-0.39, 0.29) is 6.10 Å². The number of halogens is 1. The van der Waals surface area contributed by atoms with Gasteiger partial charge < -0.3 is 10.1 Å². The molecule has 0 saturated carbocycles. The third-order valence-corrected chi connectivity index (χ3v) is 2.25. The fraction of sp³-hybridized carbons (Fsp3) is 0.455. The molecule has 0 aliphatic rings. The first-order chi connectivity index (χ1) is 6.77.